The summed E-state index contributed by atoms with van der Waals surface area (Å²) in [6.45, 7) is 17.6. The number of allylic oxidation sites excluding steroid dienone is 4. The molecule has 2 aromatic carbocycles. The van der Waals surface area contributed by atoms with Gasteiger partial charge in [0.2, 0.25) is 5.91 Å². The molecule has 3 saturated carbocycles. The molecule has 2 aromatic rings. The van der Waals surface area contributed by atoms with Crippen LogP contribution in [-0.4, -0.2) is 94.7 Å². The first kappa shape index (κ1) is 44.4. The van der Waals surface area contributed by atoms with E-state index in [0.717, 1.165) is 51.4 Å². The van der Waals surface area contributed by atoms with Gasteiger partial charge in [0.25, 0.3) is 0 Å². The number of aliphatic imine (C=N–C) groups is 1. The van der Waals surface area contributed by atoms with Crippen LogP contribution in [0.25, 0.3) is 6.08 Å². The SMILES string of the molecule is CC(C)=CCCC1(C)C=Cc2c(c(CC=C(C)C)c3c(c2OCCNCCO)C2=Nc4ccccc4SC4C5CC6C(C)(C)OC(CC=C(C)C(=O)NCCO)(C5=O)C6(O3)C24)O1. The lowest BCUT2D eigenvalue weighted by Crippen LogP contribution is -2.79. The van der Waals surface area contributed by atoms with Crippen molar-refractivity contribution < 1.29 is 38.7 Å². The number of hydrogen-bond acceptors (Lipinski definition) is 11. The summed E-state index contributed by atoms with van der Waals surface area (Å²) in [7, 11) is 0. The van der Waals surface area contributed by atoms with E-state index in [2.05, 4.69) is 89.5 Å². The molecule has 3 aliphatic carbocycles. The van der Waals surface area contributed by atoms with Crippen molar-refractivity contribution in [1.29, 1.82) is 0 Å². The van der Waals surface area contributed by atoms with Crippen molar-refractivity contribution in [2.45, 2.75) is 120 Å². The number of amides is 1. The number of ketones is 1. The van der Waals surface area contributed by atoms with Gasteiger partial charge in [-0.1, -0.05) is 41.5 Å². The minimum absolute atomic E-state index is 0.00339. The van der Waals surface area contributed by atoms with Crippen LogP contribution in [0.1, 0.15) is 97.8 Å². The molecule has 332 valence electrons. The second-order valence-corrected chi connectivity index (χ2v) is 20.1. The fourth-order valence-electron chi connectivity index (χ4n) is 10.8. The molecule has 0 aromatic heterocycles. The molecular formula is C50H63N3O8S. The summed E-state index contributed by atoms with van der Waals surface area (Å²) in [6.07, 6.45) is 13.3. The van der Waals surface area contributed by atoms with Gasteiger partial charge in [-0.25, -0.2) is 0 Å². The first-order valence-corrected chi connectivity index (χ1v) is 23.2. The van der Waals surface area contributed by atoms with E-state index >= 15 is 4.79 Å². The van der Waals surface area contributed by atoms with Gasteiger partial charge in [-0.3, -0.25) is 14.6 Å². The molecule has 1 saturated heterocycles. The highest BCUT2D eigenvalue weighted by atomic mass is 32.2. The van der Waals surface area contributed by atoms with Gasteiger partial charge in [0, 0.05) is 59.2 Å². The zero-order valence-corrected chi connectivity index (χ0v) is 38.3. The fourth-order valence-corrected chi connectivity index (χ4v) is 12.4. The van der Waals surface area contributed by atoms with Crippen LogP contribution in [0.2, 0.25) is 0 Å². The van der Waals surface area contributed by atoms with Crippen LogP contribution in [0.5, 0.6) is 17.2 Å². The summed E-state index contributed by atoms with van der Waals surface area (Å²) < 4.78 is 29.4. The molecule has 4 aliphatic heterocycles. The van der Waals surface area contributed by atoms with E-state index in [9.17, 15) is 15.0 Å². The number of thioether (sulfide) groups is 1. The van der Waals surface area contributed by atoms with Crippen LogP contribution in [0.4, 0.5) is 5.69 Å². The van der Waals surface area contributed by atoms with E-state index in [1.54, 1.807) is 18.7 Å². The second-order valence-electron chi connectivity index (χ2n) is 18.9. The van der Waals surface area contributed by atoms with Gasteiger partial charge in [0.05, 0.1) is 47.3 Å². The molecule has 7 unspecified atom stereocenters. The largest absolute Gasteiger partial charge is 0.491 e. The van der Waals surface area contributed by atoms with Crippen LogP contribution >= 0.6 is 11.8 Å². The number of nitrogens with zero attached hydrogens (tertiary/aromatic N) is 1. The number of hydrogen-bond donors (Lipinski definition) is 4. The summed E-state index contributed by atoms with van der Waals surface area (Å²) in [5.74, 6) is 0.579. The van der Waals surface area contributed by atoms with E-state index < -0.39 is 28.3 Å². The maximum Gasteiger partial charge on any atom is 0.246 e. The molecule has 9 rings (SSSR count). The maximum absolute atomic E-state index is 15.6. The molecule has 7 aliphatic rings. The number of fused-ring (bicyclic) bond motifs is 4. The molecule has 7 atom stereocenters. The number of para-hydroxylation sites is 1. The quantitative estimate of drug-likeness (QED) is 0.0755. The van der Waals surface area contributed by atoms with Crippen LogP contribution in [0, 0.1) is 17.8 Å². The van der Waals surface area contributed by atoms with Gasteiger partial charge in [-0.2, -0.15) is 0 Å². The van der Waals surface area contributed by atoms with Gasteiger partial charge >= 0.3 is 0 Å². The highest BCUT2D eigenvalue weighted by molar-refractivity contribution is 8.00. The average Bonchev–Trinajstić information content (AvgIpc) is 3.31. The molecule has 1 amide bonds. The number of nitrogens with one attached hydrogen (secondary N) is 2. The third kappa shape index (κ3) is 7.37. The number of aliphatic hydroxyl groups is 2. The molecule has 4 bridgehead atoms. The lowest BCUT2D eigenvalue weighted by Gasteiger charge is -2.63. The Morgan fingerprint density at radius 2 is 1.74 bits per heavy atom. The van der Waals surface area contributed by atoms with Crippen molar-refractivity contribution in [3.63, 3.8) is 0 Å². The van der Waals surface area contributed by atoms with E-state index in [0.29, 0.717) is 55.4 Å². The van der Waals surface area contributed by atoms with Gasteiger partial charge < -0.3 is 39.8 Å². The second kappa shape index (κ2) is 17.1. The third-order valence-electron chi connectivity index (χ3n) is 13.6. The van der Waals surface area contributed by atoms with Crippen LogP contribution in [-0.2, 0) is 20.7 Å². The summed E-state index contributed by atoms with van der Waals surface area (Å²) >= 11 is 1.71. The smallest absolute Gasteiger partial charge is 0.246 e. The number of carbonyl (C=O) groups is 2. The monoisotopic (exact) mass is 865 g/mol. The highest BCUT2D eigenvalue weighted by Gasteiger charge is 2.85. The topological polar surface area (TPSA) is 148 Å². The van der Waals surface area contributed by atoms with Crippen molar-refractivity contribution >= 4 is 40.9 Å². The number of carbonyl (C=O) groups excluding carboxylic acids is 2. The first-order valence-electron chi connectivity index (χ1n) is 22.3. The molecule has 4 N–H and O–H groups in total. The molecule has 4 fully saturated rings. The van der Waals surface area contributed by atoms with Crippen LogP contribution < -0.4 is 24.8 Å². The minimum atomic E-state index is -1.46. The van der Waals surface area contributed by atoms with E-state index in [-0.39, 0.29) is 55.0 Å². The Balaban J connectivity index is 1.42. The fraction of sp³-hybridized carbons (Fsp3) is 0.540. The van der Waals surface area contributed by atoms with Gasteiger partial charge in [0.15, 0.2) is 17.0 Å². The molecule has 11 nitrogen and oxygen atoms in total. The Kier molecular flexibility index (Phi) is 12.2. The first-order chi connectivity index (χ1) is 29.6. The highest BCUT2D eigenvalue weighted by Crippen LogP contribution is 2.73. The summed E-state index contributed by atoms with van der Waals surface area (Å²) in [5.41, 5.74) is 2.82. The Bertz CT molecular complexity index is 2290. The number of rotatable bonds is 16. The zero-order chi connectivity index (χ0) is 44.2. The zero-order valence-electron chi connectivity index (χ0n) is 37.5. The number of aliphatic hydroxyl groups excluding tert-OH is 2. The van der Waals surface area contributed by atoms with Gasteiger partial charge in [-0.15, -0.1) is 11.8 Å². The molecule has 4 heterocycles. The Labute approximate surface area is 370 Å². The molecule has 0 radical (unpaired) electrons. The van der Waals surface area contributed by atoms with Gasteiger partial charge in [0.1, 0.15) is 29.5 Å². The number of ether oxygens (including phenoxy) is 4. The average molecular weight is 866 g/mol. The van der Waals surface area contributed by atoms with Crippen molar-refractivity contribution in [1.82, 2.24) is 10.6 Å². The molecule has 1 spiro atoms. The molecular weight excluding hydrogens is 803 g/mol. The van der Waals surface area contributed by atoms with E-state index in [1.165, 1.54) is 5.57 Å². The number of Topliss-reactive ketones (excluding diaryl/α,β-unsaturated/α-hetero) is 1. The minimum Gasteiger partial charge on any atom is -0.491 e. The summed E-state index contributed by atoms with van der Waals surface area (Å²) in [4.78, 5) is 35.6. The third-order valence-corrected chi connectivity index (χ3v) is 15.1. The lowest BCUT2D eigenvalue weighted by molar-refractivity contribution is -0.196. The Morgan fingerprint density at radius 3 is 2.48 bits per heavy atom. The summed E-state index contributed by atoms with van der Waals surface area (Å²) in [5, 5.41) is 24.8. The predicted octanol–water partition coefficient (Wildman–Crippen LogP) is 7.62. The Hall–Kier alpha value is -4.20. The standard InChI is InChI=1S/C50H63N3O8S/c1-29(2)12-11-19-48(8)20-18-33-41(59-48)32(16-15-30(3)4)43-38(42(33)58-27-24-51-22-25-54)40-39-44(62-36-14-10-9-13-35(36)53-40)34-28-37-47(6,7)61-49(45(34)56,50(37,39)60-43)21-17-31(5)46(57)52-23-26-55/h9-10,12-15,17-18,20,34,37,39,44,51,54-55H,11,16,19,21-28H2,1-8H3,(H,52,57). The molecule has 62 heavy (non-hydrogen) atoms. The maximum atomic E-state index is 15.6. The van der Waals surface area contributed by atoms with E-state index in [1.807, 2.05) is 24.3 Å². The van der Waals surface area contributed by atoms with E-state index in [4.69, 9.17) is 23.9 Å². The Morgan fingerprint density at radius 1 is 0.984 bits per heavy atom. The van der Waals surface area contributed by atoms with Crippen molar-refractivity contribution in [2.75, 3.05) is 39.5 Å². The normalized spacial score (nSPS) is 29.2. The van der Waals surface area contributed by atoms with Crippen LogP contribution in [0.3, 0.4) is 0 Å². The lowest BCUT2D eigenvalue weighted by atomic mass is 9.46. The van der Waals surface area contributed by atoms with Crippen LogP contribution in [0.15, 0.2) is 75.2 Å². The van der Waals surface area contributed by atoms with Crippen molar-refractivity contribution in [3.05, 3.63) is 82.0 Å². The predicted molar refractivity (Wildman–Crippen MR) is 244 cm³/mol. The van der Waals surface area contributed by atoms with Crippen molar-refractivity contribution in [2.24, 2.45) is 22.7 Å². The van der Waals surface area contributed by atoms with Crippen molar-refractivity contribution in [3.8, 4) is 17.2 Å². The number of benzene rings is 2. The van der Waals surface area contributed by atoms with Gasteiger partial charge in [-0.05, 0) is 105 Å². The summed E-state index contributed by atoms with van der Waals surface area (Å²) in [6, 6.07) is 8.16. The molecule has 12 heteroatoms.